The number of benzene rings is 1. The lowest BCUT2D eigenvalue weighted by Gasteiger charge is -2.28. The second-order valence-corrected chi connectivity index (χ2v) is 4.77. The molecule has 0 fully saturated rings. The van der Waals surface area contributed by atoms with Gasteiger partial charge in [0.1, 0.15) is 0 Å². The quantitative estimate of drug-likeness (QED) is 0.805. The number of nitrogens with zero attached hydrogens (tertiary/aromatic N) is 1. The van der Waals surface area contributed by atoms with Crippen LogP contribution in [0.3, 0.4) is 0 Å². The summed E-state index contributed by atoms with van der Waals surface area (Å²) in [6.45, 7) is 5.13. The van der Waals surface area contributed by atoms with Gasteiger partial charge in [0.15, 0.2) is 0 Å². The number of carbonyl (C=O) groups is 1. The van der Waals surface area contributed by atoms with Crippen LogP contribution in [0.25, 0.3) is 0 Å². The van der Waals surface area contributed by atoms with Gasteiger partial charge in [0.25, 0.3) is 5.91 Å². The lowest BCUT2D eigenvalue weighted by molar-refractivity contribution is 0.0758. The van der Waals surface area contributed by atoms with Gasteiger partial charge in [-0.15, -0.1) is 0 Å². The molecule has 1 amide bonds. The maximum atomic E-state index is 12.0. The molecular formula is C12H12BrNO. The average molecular weight is 266 g/mol. The van der Waals surface area contributed by atoms with Crippen molar-refractivity contribution in [2.75, 3.05) is 13.1 Å². The summed E-state index contributed by atoms with van der Waals surface area (Å²) in [5.41, 5.74) is 1.98. The van der Waals surface area contributed by atoms with Gasteiger partial charge >= 0.3 is 0 Å². The first-order chi connectivity index (χ1) is 7.18. The molecule has 0 aromatic heterocycles. The molecule has 1 aromatic rings. The molecule has 0 N–H and O–H groups in total. The number of hydrogen-bond acceptors (Lipinski definition) is 1. The summed E-state index contributed by atoms with van der Waals surface area (Å²) in [6.07, 6.45) is 0.933. The number of rotatable bonds is 2. The highest BCUT2D eigenvalue weighted by molar-refractivity contribution is 9.11. The number of halogens is 1. The first kappa shape index (κ1) is 10.4. The number of hydrogen-bond donors (Lipinski definition) is 0. The molecule has 0 radical (unpaired) electrons. The minimum absolute atomic E-state index is 0.109. The van der Waals surface area contributed by atoms with E-state index in [1.165, 1.54) is 0 Å². The first-order valence-corrected chi connectivity index (χ1v) is 5.68. The third-order valence-corrected chi connectivity index (χ3v) is 2.80. The lowest BCUT2D eigenvalue weighted by Crippen LogP contribution is -2.38. The second kappa shape index (κ2) is 4.19. The van der Waals surface area contributed by atoms with Gasteiger partial charge < -0.3 is 4.90 Å². The Labute approximate surface area is 97.7 Å². The normalized spacial score (nSPS) is 15.0. The van der Waals surface area contributed by atoms with E-state index >= 15 is 0 Å². The van der Waals surface area contributed by atoms with E-state index in [4.69, 9.17) is 0 Å². The molecule has 0 bridgehead atoms. The van der Waals surface area contributed by atoms with Crippen LogP contribution in [0.15, 0.2) is 35.3 Å². The molecule has 0 atom stereocenters. The van der Waals surface area contributed by atoms with E-state index in [0.717, 1.165) is 28.6 Å². The van der Waals surface area contributed by atoms with Crippen molar-refractivity contribution in [3.8, 4) is 0 Å². The predicted octanol–water partition coefficient (Wildman–Crippen LogP) is 2.59. The SMILES string of the molecule is C=C(Br)CN1CCc2ccccc2C1=O. The van der Waals surface area contributed by atoms with Crippen LogP contribution >= 0.6 is 15.9 Å². The van der Waals surface area contributed by atoms with Crippen molar-refractivity contribution in [1.29, 1.82) is 0 Å². The molecule has 1 aliphatic rings. The minimum atomic E-state index is 0.109. The van der Waals surface area contributed by atoms with Crippen LogP contribution in [0.5, 0.6) is 0 Å². The fourth-order valence-corrected chi connectivity index (χ4v) is 2.13. The van der Waals surface area contributed by atoms with Gasteiger partial charge in [-0.25, -0.2) is 0 Å². The van der Waals surface area contributed by atoms with E-state index in [9.17, 15) is 4.79 Å². The van der Waals surface area contributed by atoms with E-state index in [0.29, 0.717) is 6.54 Å². The fourth-order valence-electron chi connectivity index (χ4n) is 1.83. The topological polar surface area (TPSA) is 20.3 Å². The van der Waals surface area contributed by atoms with Gasteiger partial charge in [0.05, 0.1) is 6.54 Å². The zero-order valence-corrected chi connectivity index (χ0v) is 9.96. The van der Waals surface area contributed by atoms with Crippen LogP contribution in [-0.4, -0.2) is 23.9 Å². The van der Waals surface area contributed by atoms with Gasteiger partial charge in [0, 0.05) is 16.6 Å². The molecule has 0 saturated heterocycles. The van der Waals surface area contributed by atoms with Crippen molar-refractivity contribution >= 4 is 21.8 Å². The van der Waals surface area contributed by atoms with Crippen LogP contribution < -0.4 is 0 Å². The first-order valence-electron chi connectivity index (χ1n) is 4.89. The van der Waals surface area contributed by atoms with Gasteiger partial charge in [-0.2, -0.15) is 0 Å². The smallest absolute Gasteiger partial charge is 0.254 e. The Morgan fingerprint density at radius 3 is 2.93 bits per heavy atom. The zero-order chi connectivity index (χ0) is 10.8. The summed E-state index contributed by atoms with van der Waals surface area (Å²) in [7, 11) is 0. The largest absolute Gasteiger partial charge is 0.333 e. The van der Waals surface area contributed by atoms with Crippen molar-refractivity contribution in [2.45, 2.75) is 6.42 Å². The van der Waals surface area contributed by atoms with E-state index < -0.39 is 0 Å². The van der Waals surface area contributed by atoms with Crippen LogP contribution in [-0.2, 0) is 6.42 Å². The van der Waals surface area contributed by atoms with Crippen molar-refractivity contribution < 1.29 is 4.79 Å². The summed E-state index contributed by atoms with van der Waals surface area (Å²) in [5, 5.41) is 0. The number of fused-ring (bicyclic) bond motifs is 1. The Morgan fingerprint density at radius 2 is 2.20 bits per heavy atom. The molecule has 15 heavy (non-hydrogen) atoms. The molecule has 0 aliphatic carbocycles. The van der Waals surface area contributed by atoms with Gasteiger partial charge in [-0.3, -0.25) is 4.79 Å². The van der Waals surface area contributed by atoms with Crippen LogP contribution in [0.2, 0.25) is 0 Å². The highest BCUT2D eigenvalue weighted by Crippen LogP contribution is 2.19. The second-order valence-electron chi connectivity index (χ2n) is 3.65. The molecule has 1 aromatic carbocycles. The van der Waals surface area contributed by atoms with Crippen LogP contribution in [0.4, 0.5) is 0 Å². The summed E-state index contributed by atoms with van der Waals surface area (Å²) >= 11 is 3.29. The summed E-state index contributed by atoms with van der Waals surface area (Å²) in [5.74, 6) is 0.109. The number of carbonyl (C=O) groups excluding carboxylic acids is 1. The van der Waals surface area contributed by atoms with Gasteiger partial charge in [0.2, 0.25) is 0 Å². The van der Waals surface area contributed by atoms with Crippen molar-refractivity contribution in [3.63, 3.8) is 0 Å². The third-order valence-electron chi connectivity index (χ3n) is 2.55. The summed E-state index contributed by atoms with van der Waals surface area (Å²) < 4.78 is 0.843. The van der Waals surface area contributed by atoms with Gasteiger partial charge in [-0.1, -0.05) is 40.7 Å². The van der Waals surface area contributed by atoms with E-state index in [1.54, 1.807) is 0 Å². The van der Waals surface area contributed by atoms with Crippen LogP contribution in [0.1, 0.15) is 15.9 Å². The molecule has 0 spiro atoms. The van der Waals surface area contributed by atoms with Crippen LogP contribution in [0, 0.1) is 0 Å². The molecular weight excluding hydrogens is 254 g/mol. The summed E-state index contributed by atoms with van der Waals surface area (Å²) in [6, 6.07) is 7.79. The molecule has 0 saturated carbocycles. The molecule has 3 heteroatoms. The Kier molecular flexibility index (Phi) is 2.91. The minimum Gasteiger partial charge on any atom is -0.333 e. The zero-order valence-electron chi connectivity index (χ0n) is 8.37. The molecule has 2 rings (SSSR count). The molecule has 78 valence electrons. The Balaban J connectivity index is 2.26. The fraction of sp³-hybridized carbons (Fsp3) is 0.250. The number of amides is 1. The van der Waals surface area contributed by atoms with Crippen molar-refractivity contribution in [3.05, 3.63) is 46.5 Å². The van der Waals surface area contributed by atoms with E-state index in [2.05, 4.69) is 22.5 Å². The Morgan fingerprint density at radius 1 is 1.47 bits per heavy atom. The van der Waals surface area contributed by atoms with E-state index in [-0.39, 0.29) is 5.91 Å². The Hall–Kier alpha value is -1.09. The molecule has 2 nitrogen and oxygen atoms in total. The highest BCUT2D eigenvalue weighted by Gasteiger charge is 2.23. The average Bonchev–Trinajstić information content (AvgIpc) is 2.22. The van der Waals surface area contributed by atoms with Crippen molar-refractivity contribution in [2.24, 2.45) is 0 Å². The van der Waals surface area contributed by atoms with Gasteiger partial charge in [-0.05, 0) is 18.1 Å². The third kappa shape index (κ3) is 2.12. The molecule has 0 unspecified atom stereocenters. The molecule has 1 heterocycles. The predicted molar refractivity (Wildman–Crippen MR) is 64.1 cm³/mol. The molecule has 1 aliphatic heterocycles. The Bertz CT molecular complexity index is 414. The standard InChI is InChI=1S/C12H12BrNO/c1-9(13)8-14-7-6-10-4-2-3-5-11(10)12(14)15/h2-5H,1,6-8H2. The van der Waals surface area contributed by atoms with E-state index in [1.807, 2.05) is 29.2 Å². The lowest BCUT2D eigenvalue weighted by atomic mass is 9.99. The maximum Gasteiger partial charge on any atom is 0.254 e. The summed E-state index contributed by atoms with van der Waals surface area (Å²) in [4.78, 5) is 13.8. The maximum absolute atomic E-state index is 12.0. The monoisotopic (exact) mass is 265 g/mol. The van der Waals surface area contributed by atoms with Crippen molar-refractivity contribution in [1.82, 2.24) is 4.90 Å². The highest BCUT2D eigenvalue weighted by atomic mass is 79.9.